The number of nitrogens with two attached hydrogens (primary N) is 1. The van der Waals surface area contributed by atoms with Crippen LogP contribution in [0.4, 0.5) is 0 Å². The molecule has 2 saturated carbocycles. The minimum atomic E-state index is 0.217. The molecule has 0 spiro atoms. The summed E-state index contributed by atoms with van der Waals surface area (Å²) in [6.07, 6.45) is 2.49. The van der Waals surface area contributed by atoms with Gasteiger partial charge in [-0.25, -0.2) is 0 Å². The van der Waals surface area contributed by atoms with Crippen LogP contribution >= 0.6 is 0 Å². The second-order valence-corrected chi connectivity index (χ2v) is 6.33. The van der Waals surface area contributed by atoms with E-state index in [9.17, 15) is 0 Å². The van der Waals surface area contributed by atoms with Crippen LogP contribution < -0.4 is 5.73 Å². The molecular weight excluding hydrogens is 172 g/mol. The molecule has 2 nitrogen and oxygen atoms in total. The highest BCUT2D eigenvalue weighted by atomic mass is 15.2. The Bertz CT molecular complexity index is 247. The molecular formula is C12H24N2. The topological polar surface area (TPSA) is 29.3 Å². The Morgan fingerprint density at radius 2 is 1.71 bits per heavy atom. The monoisotopic (exact) mass is 196 g/mol. The summed E-state index contributed by atoms with van der Waals surface area (Å²) >= 11 is 0. The molecule has 0 heterocycles. The summed E-state index contributed by atoms with van der Waals surface area (Å²) in [4.78, 5) is 2.32. The van der Waals surface area contributed by atoms with Crippen molar-refractivity contribution in [3.63, 3.8) is 0 Å². The average Bonchev–Trinajstić information content (AvgIpc) is 2.55. The number of likely N-dealkylation sites (N-methyl/N-ethyl adjacent to an activating group) is 1. The Hall–Kier alpha value is -0.0800. The van der Waals surface area contributed by atoms with E-state index in [4.69, 9.17) is 5.73 Å². The number of rotatable bonds is 1. The third-order valence-corrected chi connectivity index (χ3v) is 5.25. The molecule has 82 valence electrons. The summed E-state index contributed by atoms with van der Waals surface area (Å²) < 4.78 is 0. The molecule has 0 amide bonds. The molecule has 0 aromatic rings. The van der Waals surface area contributed by atoms with Gasteiger partial charge >= 0.3 is 0 Å². The van der Waals surface area contributed by atoms with E-state index in [1.54, 1.807) is 0 Å². The van der Waals surface area contributed by atoms with Gasteiger partial charge in [-0.2, -0.15) is 0 Å². The Balaban J connectivity index is 2.17. The zero-order valence-electron chi connectivity index (χ0n) is 10.2. The molecule has 0 radical (unpaired) electrons. The lowest BCUT2D eigenvalue weighted by molar-refractivity contribution is 0.0908. The molecule has 2 fully saturated rings. The van der Waals surface area contributed by atoms with Crippen LogP contribution in [0.2, 0.25) is 0 Å². The summed E-state index contributed by atoms with van der Waals surface area (Å²) in [5, 5.41) is 0. The maximum atomic E-state index is 6.31. The van der Waals surface area contributed by atoms with Crippen molar-refractivity contribution >= 4 is 0 Å². The van der Waals surface area contributed by atoms with E-state index >= 15 is 0 Å². The highest BCUT2D eigenvalue weighted by Gasteiger charge is 2.63. The van der Waals surface area contributed by atoms with Crippen LogP contribution in [0, 0.1) is 17.3 Å². The fraction of sp³-hybridized carbons (Fsp3) is 1.00. The molecule has 4 atom stereocenters. The van der Waals surface area contributed by atoms with Gasteiger partial charge in [-0.3, -0.25) is 0 Å². The zero-order chi connectivity index (χ0) is 10.7. The number of hydrogen-bond acceptors (Lipinski definition) is 2. The number of fused-ring (bicyclic) bond motifs is 1. The van der Waals surface area contributed by atoms with Crippen molar-refractivity contribution in [2.24, 2.45) is 23.0 Å². The van der Waals surface area contributed by atoms with Gasteiger partial charge in [-0.1, -0.05) is 13.8 Å². The fourth-order valence-electron chi connectivity index (χ4n) is 3.37. The van der Waals surface area contributed by atoms with Crippen LogP contribution in [-0.2, 0) is 0 Å². The lowest BCUT2D eigenvalue weighted by atomic mass is 9.78. The van der Waals surface area contributed by atoms with Crippen LogP contribution in [0.3, 0.4) is 0 Å². The molecule has 0 aromatic heterocycles. The maximum absolute atomic E-state index is 6.31. The Morgan fingerprint density at radius 3 is 2.21 bits per heavy atom. The molecule has 0 saturated heterocycles. The van der Waals surface area contributed by atoms with Gasteiger partial charge in [0.2, 0.25) is 0 Å². The first-order valence-electron chi connectivity index (χ1n) is 5.73. The lowest BCUT2D eigenvalue weighted by Gasteiger charge is -2.44. The highest BCUT2D eigenvalue weighted by molar-refractivity contribution is 5.15. The van der Waals surface area contributed by atoms with Crippen molar-refractivity contribution in [2.75, 3.05) is 14.1 Å². The van der Waals surface area contributed by atoms with Crippen LogP contribution in [0.5, 0.6) is 0 Å². The fourth-order valence-corrected chi connectivity index (χ4v) is 3.37. The smallest absolute Gasteiger partial charge is 0.0329 e. The molecule has 0 unspecified atom stereocenters. The van der Waals surface area contributed by atoms with Gasteiger partial charge in [0.1, 0.15) is 0 Å². The lowest BCUT2D eigenvalue weighted by Crippen LogP contribution is -2.57. The van der Waals surface area contributed by atoms with Crippen molar-refractivity contribution in [1.29, 1.82) is 0 Å². The largest absolute Gasteiger partial charge is 0.326 e. The zero-order valence-corrected chi connectivity index (χ0v) is 10.2. The minimum Gasteiger partial charge on any atom is -0.326 e. The van der Waals surface area contributed by atoms with E-state index in [-0.39, 0.29) is 5.54 Å². The molecule has 0 aliphatic heterocycles. The van der Waals surface area contributed by atoms with Gasteiger partial charge < -0.3 is 10.6 Å². The van der Waals surface area contributed by atoms with Gasteiger partial charge in [0, 0.05) is 11.6 Å². The van der Waals surface area contributed by atoms with E-state index in [2.05, 4.69) is 39.8 Å². The summed E-state index contributed by atoms with van der Waals surface area (Å²) in [5.41, 5.74) is 7.09. The second-order valence-electron chi connectivity index (χ2n) is 6.33. The first-order chi connectivity index (χ1) is 6.30. The van der Waals surface area contributed by atoms with Crippen molar-refractivity contribution < 1.29 is 0 Å². The first-order valence-corrected chi connectivity index (χ1v) is 5.73. The van der Waals surface area contributed by atoms with Gasteiger partial charge in [-0.15, -0.1) is 0 Å². The van der Waals surface area contributed by atoms with Crippen molar-refractivity contribution in [3.05, 3.63) is 0 Å². The number of hydrogen-bond donors (Lipinski definition) is 1. The Labute approximate surface area is 87.8 Å². The van der Waals surface area contributed by atoms with E-state index in [0.717, 1.165) is 11.8 Å². The molecule has 2 aliphatic rings. The maximum Gasteiger partial charge on any atom is 0.0329 e. The molecule has 2 rings (SSSR count). The predicted octanol–water partition coefficient (Wildman–Crippen LogP) is 1.70. The minimum absolute atomic E-state index is 0.217. The summed E-state index contributed by atoms with van der Waals surface area (Å²) in [6, 6.07) is 0.348. The highest BCUT2D eigenvalue weighted by Crippen LogP contribution is 2.66. The third kappa shape index (κ3) is 1.17. The summed E-state index contributed by atoms with van der Waals surface area (Å²) in [5.74, 6) is 1.81. The van der Waals surface area contributed by atoms with Crippen LogP contribution in [0.15, 0.2) is 0 Å². The molecule has 2 heteroatoms. The third-order valence-electron chi connectivity index (χ3n) is 5.25. The van der Waals surface area contributed by atoms with Crippen molar-refractivity contribution in [1.82, 2.24) is 4.90 Å². The quantitative estimate of drug-likeness (QED) is 0.691. The normalized spacial score (nSPS) is 50.4. The first kappa shape index (κ1) is 10.4. The van der Waals surface area contributed by atoms with Crippen LogP contribution in [0.1, 0.15) is 33.6 Å². The average molecular weight is 196 g/mol. The van der Waals surface area contributed by atoms with Gasteiger partial charge in [0.25, 0.3) is 0 Å². The van der Waals surface area contributed by atoms with Gasteiger partial charge in [0.15, 0.2) is 0 Å². The van der Waals surface area contributed by atoms with Crippen LogP contribution in [0.25, 0.3) is 0 Å². The standard InChI is InChI=1S/C12H24N2/c1-11(2)8-6-10(13)12(3,14(4)5)7-9(8)11/h8-10H,6-7,13H2,1-5H3/t8-,9+,10-,12+/m1/s1. The van der Waals surface area contributed by atoms with Gasteiger partial charge in [-0.05, 0) is 51.1 Å². The summed E-state index contributed by atoms with van der Waals surface area (Å²) in [7, 11) is 4.32. The molecule has 2 aliphatic carbocycles. The van der Waals surface area contributed by atoms with Crippen molar-refractivity contribution in [2.45, 2.75) is 45.2 Å². The Morgan fingerprint density at radius 1 is 1.14 bits per heavy atom. The van der Waals surface area contributed by atoms with E-state index in [1.165, 1.54) is 12.8 Å². The van der Waals surface area contributed by atoms with E-state index in [1.807, 2.05) is 0 Å². The second kappa shape index (κ2) is 2.73. The van der Waals surface area contributed by atoms with Crippen molar-refractivity contribution in [3.8, 4) is 0 Å². The summed E-state index contributed by atoms with van der Waals surface area (Å²) in [6.45, 7) is 7.12. The molecule has 2 N–H and O–H groups in total. The molecule has 0 aromatic carbocycles. The number of nitrogens with zero attached hydrogens (tertiary/aromatic N) is 1. The molecule has 0 bridgehead atoms. The molecule has 14 heavy (non-hydrogen) atoms. The van der Waals surface area contributed by atoms with Gasteiger partial charge in [0.05, 0.1) is 0 Å². The SMILES string of the molecule is CN(C)[C@@]1(C)C[C@H]2[C@@H](C[C@H]1N)C2(C)C. The Kier molecular flexibility index (Phi) is 2.04. The van der Waals surface area contributed by atoms with E-state index < -0.39 is 0 Å². The van der Waals surface area contributed by atoms with E-state index in [0.29, 0.717) is 11.5 Å². The van der Waals surface area contributed by atoms with Crippen LogP contribution in [-0.4, -0.2) is 30.6 Å². The predicted molar refractivity (Wildman–Crippen MR) is 60.1 cm³/mol.